The standard InChI is InChI=1S/C16H29N5O/c1-16(2,3)18-15(22)13-21-11-9-20(10-12-21)7-5-14-17-6-8-19(14)4/h6,8H,5,7,9-13H2,1-4H3,(H,18,22). The number of carbonyl (C=O) groups is 1. The van der Waals surface area contributed by atoms with Crippen LogP contribution >= 0.6 is 0 Å². The Bertz CT molecular complexity index is 483. The minimum absolute atomic E-state index is 0.119. The summed E-state index contributed by atoms with van der Waals surface area (Å²) in [5.41, 5.74) is -0.152. The molecule has 6 heteroatoms. The Balaban J connectivity index is 1.67. The van der Waals surface area contributed by atoms with E-state index in [1.807, 2.05) is 40.2 Å². The summed E-state index contributed by atoms with van der Waals surface area (Å²) in [4.78, 5) is 21.0. The van der Waals surface area contributed by atoms with Gasteiger partial charge in [0.05, 0.1) is 6.54 Å². The van der Waals surface area contributed by atoms with Crippen molar-refractivity contribution in [1.29, 1.82) is 0 Å². The van der Waals surface area contributed by atoms with Crippen LogP contribution in [0.25, 0.3) is 0 Å². The highest BCUT2D eigenvalue weighted by Gasteiger charge is 2.21. The van der Waals surface area contributed by atoms with E-state index in [0.29, 0.717) is 6.54 Å². The van der Waals surface area contributed by atoms with Crippen LogP contribution in [0.1, 0.15) is 26.6 Å². The summed E-state index contributed by atoms with van der Waals surface area (Å²) in [5.74, 6) is 1.25. The fourth-order valence-electron chi connectivity index (χ4n) is 2.73. The number of hydrogen-bond acceptors (Lipinski definition) is 4. The second-order valence-corrected chi connectivity index (χ2v) is 7.12. The smallest absolute Gasteiger partial charge is 0.234 e. The second-order valence-electron chi connectivity index (χ2n) is 7.12. The highest BCUT2D eigenvalue weighted by molar-refractivity contribution is 5.78. The molecule has 6 nitrogen and oxygen atoms in total. The average molecular weight is 307 g/mol. The lowest BCUT2D eigenvalue weighted by atomic mass is 10.1. The van der Waals surface area contributed by atoms with Crippen molar-refractivity contribution in [2.45, 2.75) is 32.7 Å². The van der Waals surface area contributed by atoms with Gasteiger partial charge < -0.3 is 14.8 Å². The number of amides is 1. The van der Waals surface area contributed by atoms with E-state index in [1.54, 1.807) is 0 Å². The number of rotatable bonds is 5. The van der Waals surface area contributed by atoms with Gasteiger partial charge in [0.15, 0.2) is 0 Å². The maximum absolute atomic E-state index is 11.9. The molecule has 0 bridgehead atoms. The van der Waals surface area contributed by atoms with E-state index >= 15 is 0 Å². The van der Waals surface area contributed by atoms with Crippen LogP contribution < -0.4 is 5.32 Å². The molecule has 1 N–H and O–H groups in total. The van der Waals surface area contributed by atoms with Crippen LogP contribution in [0.4, 0.5) is 0 Å². The van der Waals surface area contributed by atoms with Crippen molar-refractivity contribution < 1.29 is 4.79 Å². The zero-order chi connectivity index (χ0) is 16.2. The maximum atomic E-state index is 11.9. The molecule has 0 aliphatic carbocycles. The molecule has 1 saturated heterocycles. The van der Waals surface area contributed by atoms with Gasteiger partial charge in [-0.1, -0.05) is 0 Å². The quantitative estimate of drug-likeness (QED) is 0.860. The normalized spacial score (nSPS) is 17.6. The van der Waals surface area contributed by atoms with Crippen molar-refractivity contribution in [2.24, 2.45) is 7.05 Å². The molecule has 0 radical (unpaired) electrons. The van der Waals surface area contributed by atoms with Crippen molar-refractivity contribution in [2.75, 3.05) is 39.3 Å². The molecule has 0 spiro atoms. The zero-order valence-electron chi connectivity index (χ0n) is 14.3. The third kappa shape index (κ3) is 5.42. The molecule has 0 aromatic carbocycles. The highest BCUT2D eigenvalue weighted by Crippen LogP contribution is 2.05. The molecule has 1 aliphatic heterocycles. The van der Waals surface area contributed by atoms with Crippen LogP contribution in [0.3, 0.4) is 0 Å². The Hall–Kier alpha value is -1.40. The van der Waals surface area contributed by atoms with Crippen molar-refractivity contribution in [3.63, 3.8) is 0 Å². The fourth-order valence-corrected chi connectivity index (χ4v) is 2.73. The SMILES string of the molecule is Cn1ccnc1CCN1CCN(CC(=O)NC(C)(C)C)CC1. The van der Waals surface area contributed by atoms with E-state index < -0.39 is 0 Å². The van der Waals surface area contributed by atoms with Gasteiger partial charge in [-0.15, -0.1) is 0 Å². The van der Waals surface area contributed by atoms with Gasteiger partial charge in [0, 0.05) is 64.1 Å². The summed E-state index contributed by atoms with van der Waals surface area (Å²) < 4.78 is 2.08. The third-order valence-electron chi connectivity index (χ3n) is 3.92. The topological polar surface area (TPSA) is 53.4 Å². The van der Waals surface area contributed by atoms with E-state index in [0.717, 1.165) is 45.0 Å². The van der Waals surface area contributed by atoms with Gasteiger partial charge in [-0.2, -0.15) is 0 Å². The fraction of sp³-hybridized carbons (Fsp3) is 0.750. The summed E-state index contributed by atoms with van der Waals surface area (Å²) in [6, 6.07) is 0. The molecule has 2 heterocycles. The highest BCUT2D eigenvalue weighted by atomic mass is 16.2. The molecular formula is C16H29N5O. The Kier molecular flexibility index (Phi) is 5.58. The summed E-state index contributed by atoms with van der Waals surface area (Å²) >= 11 is 0. The predicted octanol–water partition coefficient (Wildman–Crippen LogP) is 0.495. The minimum atomic E-state index is -0.152. The first-order valence-electron chi connectivity index (χ1n) is 8.05. The van der Waals surface area contributed by atoms with Gasteiger partial charge in [-0.25, -0.2) is 4.98 Å². The molecule has 0 unspecified atom stereocenters. The predicted molar refractivity (Wildman–Crippen MR) is 87.7 cm³/mol. The molecular weight excluding hydrogens is 278 g/mol. The molecule has 1 fully saturated rings. The first kappa shape index (κ1) is 17.0. The van der Waals surface area contributed by atoms with Crippen molar-refractivity contribution in [3.05, 3.63) is 18.2 Å². The minimum Gasteiger partial charge on any atom is -0.350 e. The van der Waals surface area contributed by atoms with Crippen LogP contribution in [-0.2, 0) is 18.3 Å². The zero-order valence-corrected chi connectivity index (χ0v) is 14.3. The van der Waals surface area contributed by atoms with Crippen LogP contribution in [0.5, 0.6) is 0 Å². The Morgan fingerprint density at radius 2 is 1.86 bits per heavy atom. The number of aryl methyl sites for hydroxylation is 1. The Labute approximate surface area is 133 Å². The number of nitrogens with zero attached hydrogens (tertiary/aromatic N) is 4. The Morgan fingerprint density at radius 3 is 2.41 bits per heavy atom. The van der Waals surface area contributed by atoms with Crippen molar-refractivity contribution in [3.8, 4) is 0 Å². The first-order chi connectivity index (χ1) is 10.3. The van der Waals surface area contributed by atoms with Crippen molar-refractivity contribution in [1.82, 2.24) is 24.7 Å². The molecule has 2 rings (SSSR count). The van der Waals surface area contributed by atoms with Crippen molar-refractivity contribution >= 4 is 5.91 Å². The Morgan fingerprint density at radius 1 is 1.23 bits per heavy atom. The van der Waals surface area contributed by atoms with Gasteiger partial charge in [0.25, 0.3) is 0 Å². The molecule has 1 aromatic heterocycles. The van der Waals surface area contributed by atoms with E-state index in [9.17, 15) is 4.79 Å². The molecule has 0 saturated carbocycles. The van der Waals surface area contributed by atoms with E-state index in [1.165, 1.54) is 0 Å². The summed E-state index contributed by atoms with van der Waals surface area (Å²) in [7, 11) is 2.04. The van der Waals surface area contributed by atoms with Gasteiger partial charge in [-0.05, 0) is 20.8 Å². The van der Waals surface area contributed by atoms with Gasteiger partial charge in [0.2, 0.25) is 5.91 Å². The lowest BCUT2D eigenvalue weighted by molar-refractivity contribution is -0.124. The van der Waals surface area contributed by atoms with Crippen LogP contribution in [0.2, 0.25) is 0 Å². The molecule has 22 heavy (non-hydrogen) atoms. The first-order valence-corrected chi connectivity index (χ1v) is 8.05. The van der Waals surface area contributed by atoms with Crippen LogP contribution in [-0.4, -0.2) is 70.1 Å². The molecule has 1 amide bonds. The number of imidazole rings is 1. The number of piperazine rings is 1. The van der Waals surface area contributed by atoms with E-state index in [2.05, 4.69) is 24.7 Å². The summed E-state index contributed by atoms with van der Waals surface area (Å²) in [6.45, 7) is 11.5. The molecule has 124 valence electrons. The largest absolute Gasteiger partial charge is 0.350 e. The molecule has 1 aliphatic rings. The van der Waals surface area contributed by atoms with Crippen LogP contribution in [0, 0.1) is 0 Å². The second kappa shape index (κ2) is 7.24. The molecule has 0 atom stereocenters. The lowest BCUT2D eigenvalue weighted by Gasteiger charge is -2.34. The van der Waals surface area contributed by atoms with Gasteiger partial charge >= 0.3 is 0 Å². The number of aromatic nitrogens is 2. The van der Waals surface area contributed by atoms with E-state index in [4.69, 9.17) is 0 Å². The van der Waals surface area contributed by atoms with Crippen LogP contribution in [0.15, 0.2) is 12.4 Å². The average Bonchev–Trinajstić information content (AvgIpc) is 2.81. The molecule has 1 aromatic rings. The monoisotopic (exact) mass is 307 g/mol. The summed E-state index contributed by atoms with van der Waals surface area (Å²) in [5, 5.41) is 3.02. The number of nitrogens with one attached hydrogen (secondary N) is 1. The van der Waals surface area contributed by atoms with Gasteiger partial charge in [0.1, 0.15) is 5.82 Å². The van der Waals surface area contributed by atoms with Gasteiger partial charge in [-0.3, -0.25) is 9.69 Å². The summed E-state index contributed by atoms with van der Waals surface area (Å²) in [6.07, 6.45) is 4.82. The maximum Gasteiger partial charge on any atom is 0.234 e. The van der Waals surface area contributed by atoms with E-state index in [-0.39, 0.29) is 11.4 Å². The number of carbonyl (C=O) groups excluding carboxylic acids is 1. The third-order valence-corrected chi connectivity index (χ3v) is 3.92. The lowest BCUT2D eigenvalue weighted by Crippen LogP contribution is -2.52. The number of hydrogen-bond donors (Lipinski definition) is 1.